The topological polar surface area (TPSA) is 49.3 Å². The maximum absolute atomic E-state index is 12.7. The minimum atomic E-state index is -1.19. The summed E-state index contributed by atoms with van der Waals surface area (Å²) in [7, 11) is 0. The van der Waals surface area contributed by atoms with Crippen LogP contribution in [-0.2, 0) is 11.3 Å². The summed E-state index contributed by atoms with van der Waals surface area (Å²) in [6.45, 7) is 0.253. The van der Waals surface area contributed by atoms with Crippen molar-refractivity contribution >= 4 is 5.91 Å². The van der Waals surface area contributed by atoms with Gasteiger partial charge >= 0.3 is 0 Å². The lowest BCUT2D eigenvalue weighted by Crippen LogP contribution is -2.28. The Morgan fingerprint density at radius 3 is 2.37 bits per heavy atom. The third-order valence-electron chi connectivity index (χ3n) is 2.74. The summed E-state index contributed by atoms with van der Waals surface area (Å²) < 4.78 is 12.7. The van der Waals surface area contributed by atoms with E-state index < -0.39 is 12.0 Å². The normalized spacial score (nSPS) is 11.9. The molecular formula is C15H14FNO2. The van der Waals surface area contributed by atoms with E-state index >= 15 is 0 Å². The average Bonchev–Trinajstić information content (AvgIpc) is 2.46. The molecule has 3 nitrogen and oxygen atoms in total. The van der Waals surface area contributed by atoms with E-state index in [1.165, 1.54) is 12.1 Å². The standard InChI is InChI=1S/C15H14FNO2/c16-13-8-6-11(7-9-13)10-17-15(19)14(18)12-4-2-1-3-5-12/h1-9,14,18H,10H2,(H,17,19). The van der Waals surface area contributed by atoms with Gasteiger partial charge in [-0.15, -0.1) is 0 Å². The SMILES string of the molecule is O=C(NCc1ccc(F)cc1)C(O)c1ccccc1. The molecule has 0 saturated heterocycles. The highest BCUT2D eigenvalue weighted by molar-refractivity contribution is 5.81. The number of halogens is 1. The Morgan fingerprint density at radius 1 is 1.11 bits per heavy atom. The van der Waals surface area contributed by atoms with Crippen LogP contribution in [0.3, 0.4) is 0 Å². The molecular weight excluding hydrogens is 245 g/mol. The Labute approximate surface area is 110 Å². The van der Waals surface area contributed by atoms with Gasteiger partial charge in [0.25, 0.3) is 5.91 Å². The first-order chi connectivity index (χ1) is 9.16. The first kappa shape index (κ1) is 13.2. The van der Waals surface area contributed by atoms with Crippen molar-refractivity contribution in [3.05, 3.63) is 71.5 Å². The van der Waals surface area contributed by atoms with Crippen molar-refractivity contribution in [2.24, 2.45) is 0 Å². The Balaban J connectivity index is 1.93. The molecule has 0 bridgehead atoms. The van der Waals surface area contributed by atoms with Crippen LogP contribution in [0.5, 0.6) is 0 Å². The fraction of sp³-hybridized carbons (Fsp3) is 0.133. The number of nitrogens with one attached hydrogen (secondary N) is 1. The summed E-state index contributed by atoms with van der Waals surface area (Å²) in [5, 5.41) is 12.4. The smallest absolute Gasteiger partial charge is 0.253 e. The number of carbonyl (C=O) groups is 1. The van der Waals surface area contributed by atoms with E-state index in [0.29, 0.717) is 5.56 Å². The van der Waals surface area contributed by atoms with E-state index in [1.54, 1.807) is 36.4 Å². The fourth-order valence-electron chi connectivity index (χ4n) is 1.67. The van der Waals surface area contributed by atoms with Gasteiger partial charge in [0.1, 0.15) is 5.82 Å². The van der Waals surface area contributed by atoms with Crippen LogP contribution in [0.2, 0.25) is 0 Å². The zero-order valence-electron chi connectivity index (χ0n) is 10.2. The largest absolute Gasteiger partial charge is 0.378 e. The van der Waals surface area contributed by atoms with Crippen LogP contribution in [-0.4, -0.2) is 11.0 Å². The van der Waals surface area contributed by atoms with Gasteiger partial charge in [-0.1, -0.05) is 42.5 Å². The van der Waals surface area contributed by atoms with Crippen molar-refractivity contribution in [3.8, 4) is 0 Å². The molecule has 19 heavy (non-hydrogen) atoms. The van der Waals surface area contributed by atoms with E-state index in [-0.39, 0.29) is 12.4 Å². The first-order valence-corrected chi connectivity index (χ1v) is 5.92. The molecule has 2 N–H and O–H groups in total. The second kappa shape index (κ2) is 6.11. The first-order valence-electron chi connectivity index (χ1n) is 5.92. The van der Waals surface area contributed by atoms with Gasteiger partial charge in [0.2, 0.25) is 0 Å². The van der Waals surface area contributed by atoms with Crippen LogP contribution < -0.4 is 5.32 Å². The van der Waals surface area contributed by atoms with Crippen LogP contribution in [0.1, 0.15) is 17.2 Å². The minimum Gasteiger partial charge on any atom is -0.378 e. The van der Waals surface area contributed by atoms with Gasteiger partial charge in [-0.25, -0.2) is 4.39 Å². The van der Waals surface area contributed by atoms with Crippen molar-refractivity contribution in [2.75, 3.05) is 0 Å². The molecule has 0 fully saturated rings. The molecule has 0 radical (unpaired) electrons. The van der Waals surface area contributed by atoms with Crippen molar-refractivity contribution in [3.63, 3.8) is 0 Å². The van der Waals surface area contributed by atoms with E-state index in [9.17, 15) is 14.3 Å². The Hall–Kier alpha value is -2.20. The van der Waals surface area contributed by atoms with Crippen LogP contribution in [0.4, 0.5) is 4.39 Å². The second-order valence-electron chi connectivity index (χ2n) is 4.16. The molecule has 0 spiro atoms. The second-order valence-corrected chi connectivity index (χ2v) is 4.16. The number of carbonyl (C=O) groups excluding carboxylic acids is 1. The number of aliphatic hydroxyl groups is 1. The number of benzene rings is 2. The van der Waals surface area contributed by atoms with Crippen LogP contribution in [0, 0.1) is 5.82 Å². The predicted octanol–water partition coefficient (Wildman–Crippen LogP) is 2.18. The van der Waals surface area contributed by atoms with Crippen LogP contribution in [0.15, 0.2) is 54.6 Å². The van der Waals surface area contributed by atoms with Gasteiger partial charge in [0.15, 0.2) is 6.10 Å². The third kappa shape index (κ3) is 3.63. The number of hydrogen-bond donors (Lipinski definition) is 2. The third-order valence-corrected chi connectivity index (χ3v) is 2.74. The molecule has 0 aromatic heterocycles. The number of amides is 1. The molecule has 4 heteroatoms. The van der Waals surface area contributed by atoms with Gasteiger partial charge in [-0.2, -0.15) is 0 Å². The van der Waals surface area contributed by atoms with E-state index in [2.05, 4.69) is 5.32 Å². The van der Waals surface area contributed by atoms with E-state index in [0.717, 1.165) is 5.56 Å². The van der Waals surface area contributed by atoms with Gasteiger partial charge in [-0.05, 0) is 23.3 Å². The minimum absolute atomic E-state index is 0.253. The molecule has 0 aliphatic heterocycles. The zero-order chi connectivity index (χ0) is 13.7. The maximum atomic E-state index is 12.7. The monoisotopic (exact) mass is 259 g/mol. The quantitative estimate of drug-likeness (QED) is 0.884. The number of aliphatic hydroxyl groups excluding tert-OH is 1. The number of rotatable bonds is 4. The lowest BCUT2D eigenvalue weighted by Gasteiger charge is -2.11. The van der Waals surface area contributed by atoms with Crippen molar-refractivity contribution in [1.29, 1.82) is 0 Å². The molecule has 2 aromatic carbocycles. The molecule has 2 aromatic rings. The molecule has 2 rings (SSSR count). The van der Waals surface area contributed by atoms with Gasteiger partial charge < -0.3 is 10.4 Å². The Morgan fingerprint density at radius 2 is 1.74 bits per heavy atom. The lowest BCUT2D eigenvalue weighted by molar-refractivity contribution is -0.129. The van der Waals surface area contributed by atoms with E-state index in [1.807, 2.05) is 6.07 Å². The highest BCUT2D eigenvalue weighted by Gasteiger charge is 2.16. The summed E-state index contributed by atoms with van der Waals surface area (Å²) in [6, 6.07) is 14.5. The highest BCUT2D eigenvalue weighted by Crippen LogP contribution is 2.12. The highest BCUT2D eigenvalue weighted by atomic mass is 19.1. The molecule has 0 aliphatic carbocycles. The van der Waals surface area contributed by atoms with Gasteiger partial charge in [0, 0.05) is 6.54 Å². The van der Waals surface area contributed by atoms with E-state index in [4.69, 9.17) is 0 Å². The molecule has 1 atom stereocenters. The molecule has 0 aliphatic rings. The van der Waals surface area contributed by atoms with Crippen molar-refractivity contribution < 1.29 is 14.3 Å². The van der Waals surface area contributed by atoms with Crippen molar-refractivity contribution in [1.82, 2.24) is 5.32 Å². The summed E-state index contributed by atoms with van der Waals surface area (Å²) in [4.78, 5) is 11.7. The Kier molecular flexibility index (Phi) is 4.26. The summed E-state index contributed by atoms with van der Waals surface area (Å²) in [5.74, 6) is -0.796. The van der Waals surface area contributed by atoms with Crippen LogP contribution in [0.25, 0.3) is 0 Å². The molecule has 0 heterocycles. The molecule has 1 unspecified atom stereocenters. The summed E-state index contributed by atoms with van der Waals surface area (Å²) >= 11 is 0. The summed E-state index contributed by atoms with van der Waals surface area (Å²) in [5.41, 5.74) is 1.31. The maximum Gasteiger partial charge on any atom is 0.253 e. The lowest BCUT2D eigenvalue weighted by atomic mass is 10.1. The average molecular weight is 259 g/mol. The molecule has 98 valence electrons. The van der Waals surface area contributed by atoms with Crippen molar-refractivity contribution in [2.45, 2.75) is 12.6 Å². The molecule has 1 amide bonds. The van der Waals surface area contributed by atoms with Crippen LogP contribution >= 0.6 is 0 Å². The molecule has 0 saturated carbocycles. The fourth-order valence-corrected chi connectivity index (χ4v) is 1.67. The Bertz CT molecular complexity index is 540. The predicted molar refractivity (Wildman–Crippen MR) is 69.6 cm³/mol. The summed E-state index contributed by atoms with van der Waals surface area (Å²) in [6.07, 6.45) is -1.19. The number of hydrogen-bond acceptors (Lipinski definition) is 2. The van der Waals surface area contributed by atoms with Gasteiger partial charge in [0.05, 0.1) is 0 Å². The zero-order valence-corrected chi connectivity index (χ0v) is 10.2. The van der Waals surface area contributed by atoms with Gasteiger partial charge in [-0.3, -0.25) is 4.79 Å².